The highest BCUT2D eigenvalue weighted by Gasteiger charge is 2.13. The van der Waals surface area contributed by atoms with Gasteiger partial charge in [-0.2, -0.15) is 10.2 Å². The molecule has 0 fully saturated rings. The topological polar surface area (TPSA) is 76.7 Å². The van der Waals surface area contributed by atoms with Crippen molar-refractivity contribution in [1.29, 1.82) is 0 Å². The molecule has 2 rings (SSSR count). The van der Waals surface area contributed by atoms with Gasteiger partial charge in [0, 0.05) is 12.4 Å². The van der Waals surface area contributed by atoms with E-state index in [-0.39, 0.29) is 6.04 Å². The number of nitrogens with two attached hydrogens (primary N) is 1. The van der Waals surface area contributed by atoms with Gasteiger partial charge in [0.05, 0.1) is 18.4 Å². The second-order valence-corrected chi connectivity index (χ2v) is 3.21. The summed E-state index contributed by atoms with van der Waals surface area (Å²) in [6.45, 7) is 0. The zero-order valence-electron chi connectivity index (χ0n) is 8.34. The molecule has 0 amide bonds. The molecule has 2 aromatic heterocycles. The van der Waals surface area contributed by atoms with Crippen molar-refractivity contribution in [1.82, 2.24) is 20.6 Å². The Hall–Kier alpha value is -1.92. The zero-order chi connectivity index (χ0) is 11.4. The van der Waals surface area contributed by atoms with Crippen LogP contribution in [0.4, 0.5) is 4.39 Å². The third-order valence-corrected chi connectivity index (χ3v) is 2.17. The first-order valence-electron chi connectivity index (χ1n) is 4.64. The maximum Gasteiger partial charge on any atom is 0.141 e. The highest BCUT2D eigenvalue weighted by molar-refractivity contribution is 5.27. The third-order valence-electron chi connectivity index (χ3n) is 2.17. The maximum atomic E-state index is 13.0. The molecule has 0 aliphatic heterocycles. The molecule has 0 aromatic carbocycles. The predicted octanol–water partition coefficient (Wildman–Crippen LogP) is 0.563. The van der Waals surface area contributed by atoms with Gasteiger partial charge in [0.2, 0.25) is 0 Å². The van der Waals surface area contributed by atoms with Crippen LogP contribution in [0, 0.1) is 5.82 Å². The smallest absolute Gasteiger partial charge is 0.141 e. The minimum Gasteiger partial charge on any atom is -0.271 e. The molecule has 0 aliphatic rings. The van der Waals surface area contributed by atoms with E-state index in [0.717, 1.165) is 11.8 Å². The summed E-state index contributed by atoms with van der Waals surface area (Å²) in [6, 6.07) is 2.78. The van der Waals surface area contributed by atoms with Crippen LogP contribution in [0.25, 0.3) is 0 Å². The van der Waals surface area contributed by atoms with Crippen LogP contribution >= 0.6 is 0 Å². The summed E-state index contributed by atoms with van der Waals surface area (Å²) in [5, 5.41) is 7.41. The first kappa shape index (κ1) is 10.6. The fraction of sp³-hybridized carbons (Fsp3) is 0.100. The summed E-state index contributed by atoms with van der Waals surface area (Å²) < 4.78 is 13.0. The summed E-state index contributed by atoms with van der Waals surface area (Å²) in [5.41, 5.74) is 4.02. The average molecular weight is 219 g/mol. The molecule has 3 N–H and O–H groups in total. The van der Waals surface area contributed by atoms with Gasteiger partial charge in [-0.15, -0.1) is 0 Å². The van der Waals surface area contributed by atoms with E-state index in [1.165, 1.54) is 6.07 Å². The van der Waals surface area contributed by atoms with Crippen LogP contribution in [0.5, 0.6) is 0 Å². The number of hydrogen-bond acceptors (Lipinski definition) is 5. The highest BCUT2D eigenvalue weighted by Crippen LogP contribution is 2.19. The van der Waals surface area contributed by atoms with Gasteiger partial charge in [-0.1, -0.05) is 0 Å². The summed E-state index contributed by atoms with van der Waals surface area (Å²) in [5.74, 6) is 5.04. The third kappa shape index (κ3) is 2.18. The van der Waals surface area contributed by atoms with Gasteiger partial charge in [-0.25, -0.2) is 9.82 Å². The van der Waals surface area contributed by atoms with E-state index in [0.29, 0.717) is 5.56 Å². The van der Waals surface area contributed by atoms with Gasteiger partial charge in [0.25, 0.3) is 0 Å². The van der Waals surface area contributed by atoms with Crippen molar-refractivity contribution in [2.24, 2.45) is 5.84 Å². The SMILES string of the molecule is NNC(c1ccnnc1)c1cncc(F)c1. The van der Waals surface area contributed by atoms with Crippen LogP contribution in [0.3, 0.4) is 0 Å². The summed E-state index contributed by atoms with van der Waals surface area (Å²) in [7, 11) is 0. The number of halogens is 1. The molecule has 1 unspecified atom stereocenters. The Morgan fingerprint density at radius 3 is 2.69 bits per heavy atom. The molecular weight excluding hydrogens is 209 g/mol. The number of hydrazine groups is 1. The average Bonchev–Trinajstić information content (AvgIpc) is 2.31. The Balaban J connectivity index is 2.37. The van der Waals surface area contributed by atoms with E-state index in [1.54, 1.807) is 24.7 Å². The van der Waals surface area contributed by atoms with E-state index in [9.17, 15) is 4.39 Å². The number of nitrogens with zero attached hydrogens (tertiary/aromatic N) is 3. The van der Waals surface area contributed by atoms with Crippen LogP contribution in [0.15, 0.2) is 36.9 Å². The van der Waals surface area contributed by atoms with Crippen LogP contribution in [0.1, 0.15) is 17.2 Å². The Bertz CT molecular complexity index is 462. The first-order valence-corrected chi connectivity index (χ1v) is 4.64. The largest absolute Gasteiger partial charge is 0.271 e. The van der Waals surface area contributed by atoms with Crippen LogP contribution < -0.4 is 11.3 Å². The number of rotatable bonds is 3. The van der Waals surface area contributed by atoms with Gasteiger partial charge in [-0.3, -0.25) is 10.8 Å². The lowest BCUT2D eigenvalue weighted by molar-refractivity contribution is 0.596. The van der Waals surface area contributed by atoms with Crippen LogP contribution in [0.2, 0.25) is 0 Å². The molecule has 6 heteroatoms. The van der Waals surface area contributed by atoms with Gasteiger partial charge in [0.15, 0.2) is 0 Å². The Morgan fingerprint density at radius 2 is 2.06 bits per heavy atom. The van der Waals surface area contributed by atoms with Gasteiger partial charge < -0.3 is 0 Å². The lowest BCUT2D eigenvalue weighted by atomic mass is 10.0. The maximum absolute atomic E-state index is 13.0. The second-order valence-electron chi connectivity index (χ2n) is 3.21. The fourth-order valence-corrected chi connectivity index (χ4v) is 1.44. The number of aromatic nitrogens is 3. The summed E-state index contributed by atoms with van der Waals surface area (Å²) in [4.78, 5) is 3.77. The zero-order valence-corrected chi connectivity index (χ0v) is 8.34. The van der Waals surface area contributed by atoms with E-state index in [1.807, 2.05) is 0 Å². The second kappa shape index (κ2) is 4.73. The molecule has 2 heterocycles. The molecule has 0 bridgehead atoms. The fourth-order valence-electron chi connectivity index (χ4n) is 1.44. The molecular formula is C10H10FN5. The lowest BCUT2D eigenvalue weighted by Crippen LogP contribution is -2.29. The van der Waals surface area contributed by atoms with Gasteiger partial charge in [0.1, 0.15) is 5.82 Å². The molecule has 0 saturated heterocycles. The number of hydrogen-bond donors (Lipinski definition) is 2. The Kier molecular flexibility index (Phi) is 3.13. The normalized spacial score (nSPS) is 12.4. The number of nitrogens with one attached hydrogen (secondary N) is 1. The van der Waals surface area contributed by atoms with Crippen LogP contribution in [-0.4, -0.2) is 15.2 Å². The molecule has 0 radical (unpaired) electrons. The molecule has 5 nitrogen and oxygen atoms in total. The van der Waals surface area contributed by atoms with Gasteiger partial charge >= 0.3 is 0 Å². The van der Waals surface area contributed by atoms with Crippen molar-refractivity contribution in [2.45, 2.75) is 6.04 Å². The van der Waals surface area contributed by atoms with Crippen LogP contribution in [-0.2, 0) is 0 Å². The lowest BCUT2D eigenvalue weighted by Gasteiger charge is -2.15. The molecule has 0 saturated carbocycles. The minimum absolute atomic E-state index is 0.348. The quantitative estimate of drug-likeness (QED) is 0.582. The first-order chi connectivity index (χ1) is 7.81. The summed E-state index contributed by atoms with van der Waals surface area (Å²) >= 11 is 0. The molecule has 82 valence electrons. The monoisotopic (exact) mass is 219 g/mol. The van der Waals surface area contributed by atoms with E-state index < -0.39 is 5.82 Å². The van der Waals surface area contributed by atoms with Crippen molar-refractivity contribution in [2.75, 3.05) is 0 Å². The molecule has 1 atom stereocenters. The highest BCUT2D eigenvalue weighted by atomic mass is 19.1. The predicted molar refractivity (Wildman–Crippen MR) is 55.4 cm³/mol. The van der Waals surface area contributed by atoms with E-state index in [2.05, 4.69) is 20.6 Å². The Labute approximate surface area is 91.5 Å². The van der Waals surface area contributed by atoms with Crippen molar-refractivity contribution in [3.8, 4) is 0 Å². The van der Waals surface area contributed by atoms with E-state index >= 15 is 0 Å². The Morgan fingerprint density at radius 1 is 1.19 bits per heavy atom. The minimum atomic E-state index is -0.403. The van der Waals surface area contributed by atoms with Crippen molar-refractivity contribution < 1.29 is 4.39 Å². The van der Waals surface area contributed by atoms with Crippen molar-refractivity contribution >= 4 is 0 Å². The molecule has 0 aliphatic carbocycles. The molecule has 16 heavy (non-hydrogen) atoms. The molecule has 0 spiro atoms. The summed E-state index contributed by atoms with van der Waals surface area (Å²) in [6.07, 6.45) is 5.80. The van der Waals surface area contributed by atoms with E-state index in [4.69, 9.17) is 5.84 Å². The standard InChI is InChI=1S/C10H10FN5/c11-9-3-8(4-13-6-9)10(16-12)7-1-2-14-15-5-7/h1-6,10,16H,12H2. The molecule has 2 aromatic rings. The number of pyridine rings is 1. The van der Waals surface area contributed by atoms with Crippen molar-refractivity contribution in [3.63, 3.8) is 0 Å². The van der Waals surface area contributed by atoms with Gasteiger partial charge in [-0.05, 0) is 23.3 Å². The van der Waals surface area contributed by atoms with Crippen molar-refractivity contribution in [3.05, 3.63) is 53.9 Å².